The molecule has 4 N–H and O–H groups in total. The van der Waals surface area contributed by atoms with Crippen LogP contribution in [0.25, 0.3) is 0 Å². The number of aliphatic hydroxyl groups excluding tert-OH is 3. The molecule has 9 atom stereocenters. The minimum atomic E-state index is -2.21. The summed E-state index contributed by atoms with van der Waals surface area (Å²) in [5.41, 5.74) is -0.717. The van der Waals surface area contributed by atoms with Crippen LogP contribution < -0.4 is 5.32 Å². The second-order valence-electron chi connectivity index (χ2n) is 11.6. The Hall–Kier alpha value is -0.203. The summed E-state index contributed by atoms with van der Waals surface area (Å²) in [6.07, 6.45) is -0.585. The van der Waals surface area contributed by atoms with Gasteiger partial charge in [0.25, 0.3) is 0 Å². The zero-order valence-electron chi connectivity index (χ0n) is 22.4. The van der Waals surface area contributed by atoms with Crippen molar-refractivity contribution in [1.29, 1.82) is 0 Å². The second-order valence-corrected chi connectivity index (χ2v) is 17.3. The van der Waals surface area contributed by atoms with Crippen LogP contribution >= 0.6 is 11.8 Å². The Morgan fingerprint density at radius 1 is 1.24 bits per heavy atom. The van der Waals surface area contributed by atoms with Gasteiger partial charge in [0.2, 0.25) is 5.91 Å². The first-order chi connectivity index (χ1) is 15.6. The quantitative estimate of drug-likeness (QED) is 0.342. The molecule has 0 aliphatic carbocycles. The number of likely N-dealkylation sites (N-methyl/N-ethyl adjacent to an activating group) is 1. The van der Waals surface area contributed by atoms with Gasteiger partial charge in [-0.05, 0) is 57.1 Å². The van der Waals surface area contributed by atoms with Gasteiger partial charge in [0.1, 0.15) is 29.9 Å². The van der Waals surface area contributed by atoms with Crippen LogP contribution in [-0.2, 0) is 14.0 Å². The first-order valence-electron chi connectivity index (χ1n) is 12.6. The first-order valence-corrected chi connectivity index (χ1v) is 16.7. The molecule has 0 aromatic rings. The Bertz CT molecular complexity index is 676. The third-order valence-electron chi connectivity index (χ3n) is 7.93. The highest BCUT2D eigenvalue weighted by Gasteiger charge is 2.50. The summed E-state index contributed by atoms with van der Waals surface area (Å²) in [7, 11) is -0.233. The number of amides is 1. The lowest BCUT2D eigenvalue weighted by atomic mass is 9.92. The predicted molar refractivity (Wildman–Crippen MR) is 139 cm³/mol. The fourth-order valence-electron chi connectivity index (χ4n) is 4.84. The fourth-order valence-corrected chi connectivity index (χ4v) is 6.95. The van der Waals surface area contributed by atoms with Crippen molar-refractivity contribution in [2.75, 3.05) is 19.8 Å². The van der Waals surface area contributed by atoms with Crippen molar-refractivity contribution in [3.63, 3.8) is 0 Å². The number of nitrogens with one attached hydrogen (secondary N) is 1. The molecule has 0 aromatic carbocycles. The highest BCUT2D eigenvalue weighted by Crippen LogP contribution is 2.39. The second kappa shape index (κ2) is 11.9. The SMILES string of the molecule is CCCC1CC(C(=O)NC(C(C)O[Si](C)(C)C(C)(C)C)C2OC(SC)C(O)C(O)C2O)N(C)C1. The van der Waals surface area contributed by atoms with Gasteiger partial charge in [-0.15, -0.1) is 11.8 Å². The first kappa shape index (κ1) is 30.0. The summed E-state index contributed by atoms with van der Waals surface area (Å²) in [6, 6.07) is -0.946. The molecule has 9 unspecified atom stereocenters. The van der Waals surface area contributed by atoms with E-state index in [2.05, 4.69) is 51.0 Å². The van der Waals surface area contributed by atoms with Crippen molar-refractivity contribution in [3.8, 4) is 0 Å². The minimum absolute atomic E-state index is 0.0432. The van der Waals surface area contributed by atoms with Gasteiger partial charge in [-0.3, -0.25) is 9.69 Å². The van der Waals surface area contributed by atoms with Gasteiger partial charge >= 0.3 is 0 Å². The van der Waals surface area contributed by atoms with Crippen molar-refractivity contribution in [3.05, 3.63) is 0 Å². The zero-order valence-corrected chi connectivity index (χ0v) is 24.3. The van der Waals surface area contributed by atoms with Gasteiger partial charge in [0, 0.05) is 6.54 Å². The van der Waals surface area contributed by atoms with Crippen molar-refractivity contribution >= 4 is 26.0 Å². The molecule has 2 rings (SSSR count). The summed E-state index contributed by atoms with van der Waals surface area (Å²) >= 11 is 1.26. The minimum Gasteiger partial charge on any atom is -0.412 e. The van der Waals surface area contributed by atoms with E-state index in [-0.39, 0.29) is 17.0 Å². The maximum Gasteiger partial charge on any atom is 0.237 e. The largest absolute Gasteiger partial charge is 0.412 e. The molecule has 10 heteroatoms. The normalized spacial score (nSPS) is 35.2. The fraction of sp³-hybridized carbons (Fsp3) is 0.958. The molecule has 0 saturated carbocycles. The molecule has 0 aromatic heterocycles. The molecule has 2 saturated heterocycles. The Kier molecular flexibility index (Phi) is 10.5. The number of carbonyl (C=O) groups is 1. The molecule has 2 aliphatic heterocycles. The number of thioether (sulfide) groups is 1. The topological polar surface area (TPSA) is 111 Å². The number of rotatable bonds is 9. The summed E-state index contributed by atoms with van der Waals surface area (Å²) in [5.74, 6) is 0.369. The van der Waals surface area contributed by atoms with Gasteiger partial charge in [0.05, 0.1) is 18.2 Å². The lowest BCUT2D eigenvalue weighted by molar-refractivity contribution is -0.210. The molecule has 8 nitrogen and oxygen atoms in total. The van der Waals surface area contributed by atoms with E-state index in [4.69, 9.17) is 9.16 Å². The van der Waals surface area contributed by atoms with Crippen LogP contribution in [0, 0.1) is 5.92 Å². The number of aliphatic hydroxyl groups is 3. The van der Waals surface area contributed by atoms with Gasteiger partial charge < -0.3 is 29.8 Å². The van der Waals surface area contributed by atoms with Gasteiger partial charge in [-0.25, -0.2) is 0 Å². The molecule has 2 heterocycles. The van der Waals surface area contributed by atoms with Crippen LogP contribution in [0.1, 0.15) is 53.9 Å². The summed E-state index contributed by atoms with van der Waals surface area (Å²) in [4.78, 5) is 15.6. The number of carbonyl (C=O) groups excluding carboxylic acids is 1. The number of nitrogens with zero attached hydrogens (tertiary/aromatic N) is 1. The maximum atomic E-state index is 13.5. The van der Waals surface area contributed by atoms with E-state index in [0.717, 1.165) is 25.8 Å². The van der Waals surface area contributed by atoms with E-state index in [1.165, 1.54) is 11.8 Å². The van der Waals surface area contributed by atoms with Crippen molar-refractivity contribution in [2.45, 2.75) is 120 Å². The third kappa shape index (κ3) is 6.76. The molecule has 1 amide bonds. The van der Waals surface area contributed by atoms with Crippen molar-refractivity contribution < 1.29 is 29.3 Å². The summed E-state index contributed by atoms with van der Waals surface area (Å²) < 4.78 is 12.7. The van der Waals surface area contributed by atoms with Crippen molar-refractivity contribution in [2.24, 2.45) is 5.92 Å². The molecule has 0 spiro atoms. The number of likely N-dealkylation sites (tertiary alicyclic amines) is 1. The smallest absolute Gasteiger partial charge is 0.237 e. The molecule has 2 aliphatic rings. The molecule has 200 valence electrons. The lowest BCUT2D eigenvalue weighted by Crippen LogP contribution is -2.66. The highest BCUT2D eigenvalue weighted by atomic mass is 32.2. The van der Waals surface area contributed by atoms with Gasteiger partial charge in [-0.1, -0.05) is 34.1 Å². The molecule has 34 heavy (non-hydrogen) atoms. The summed E-state index contributed by atoms with van der Waals surface area (Å²) in [6.45, 7) is 15.7. The molecule has 0 bridgehead atoms. The molecular formula is C24H48N2O6SSi. The average Bonchev–Trinajstić information content (AvgIpc) is 3.10. The number of ether oxygens (including phenoxy) is 1. The molecule has 2 fully saturated rings. The van der Waals surface area contributed by atoms with E-state index < -0.39 is 50.3 Å². The predicted octanol–water partition coefficient (Wildman–Crippen LogP) is 2.17. The van der Waals surface area contributed by atoms with Gasteiger partial charge in [-0.2, -0.15) is 0 Å². The Morgan fingerprint density at radius 2 is 1.85 bits per heavy atom. The van der Waals surface area contributed by atoms with Crippen LogP contribution in [0.2, 0.25) is 18.1 Å². The third-order valence-corrected chi connectivity index (χ3v) is 13.4. The Morgan fingerprint density at radius 3 is 2.38 bits per heavy atom. The van der Waals surface area contributed by atoms with E-state index in [0.29, 0.717) is 5.92 Å². The Balaban J connectivity index is 2.31. The average molecular weight is 521 g/mol. The van der Waals surface area contributed by atoms with E-state index in [1.54, 1.807) is 6.26 Å². The zero-order chi connectivity index (χ0) is 26.0. The van der Waals surface area contributed by atoms with Crippen molar-refractivity contribution in [1.82, 2.24) is 10.2 Å². The van der Waals surface area contributed by atoms with E-state index in [1.807, 2.05) is 14.0 Å². The summed E-state index contributed by atoms with van der Waals surface area (Å²) in [5, 5.41) is 34.9. The van der Waals surface area contributed by atoms with Crippen LogP contribution in [-0.4, -0.2) is 102 Å². The van der Waals surface area contributed by atoms with E-state index >= 15 is 0 Å². The standard InChI is InChI=1S/C24H48N2O6SSi/c1-10-11-15-12-16(26(6)13-15)22(30)25-17(14(2)32-34(8,9)24(3,4)5)21-19(28)18(27)20(29)23(31-21)33-7/h14-21,23,27-29H,10-13H2,1-9H3,(H,25,30). The maximum absolute atomic E-state index is 13.5. The number of hydrogen-bond donors (Lipinski definition) is 4. The molecule has 0 radical (unpaired) electrons. The molecular weight excluding hydrogens is 472 g/mol. The van der Waals surface area contributed by atoms with Crippen LogP contribution in [0.5, 0.6) is 0 Å². The van der Waals surface area contributed by atoms with E-state index in [9.17, 15) is 20.1 Å². The Labute approximate surface area is 211 Å². The monoisotopic (exact) mass is 520 g/mol. The number of hydrogen-bond acceptors (Lipinski definition) is 8. The van der Waals surface area contributed by atoms with Crippen LogP contribution in [0.4, 0.5) is 0 Å². The van der Waals surface area contributed by atoms with Crippen LogP contribution in [0.3, 0.4) is 0 Å². The lowest BCUT2D eigenvalue weighted by Gasteiger charge is -2.47. The highest BCUT2D eigenvalue weighted by molar-refractivity contribution is 7.99. The van der Waals surface area contributed by atoms with Crippen LogP contribution in [0.15, 0.2) is 0 Å². The van der Waals surface area contributed by atoms with Gasteiger partial charge in [0.15, 0.2) is 8.32 Å².